The summed E-state index contributed by atoms with van der Waals surface area (Å²) in [6.45, 7) is 3.82. The molecule has 0 spiro atoms. The molecule has 0 aliphatic carbocycles. The Morgan fingerprint density at radius 3 is 2.26 bits per heavy atom. The molecule has 2 aromatic carbocycles. The number of rotatable bonds is 8. The molecule has 2 aromatic rings. The van der Waals surface area contributed by atoms with Gasteiger partial charge in [0, 0.05) is 26.2 Å². The van der Waals surface area contributed by atoms with E-state index >= 15 is 0 Å². The SMILES string of the molecule is CCOc1ccc(N2C(=O)C(c3ccc(NC(C)=O)cc3)=C(N(C)CCO)C2=O)cc1. The van der Waals surface area contributed by atoms with Gasteiger partial charge in [-0.2, -0.15) is 0 Å². The number of nitrogens with one attached hydrogen (secondary N) is 1. The molecule has 162 valence electrons. The van der Waals surface area contributed by atoms with Crippen molar-refractivity contribution in [1.29, 1.82) is 0 Å². The average molecular weight is 423 g/mol. The van der Waals surface area contributed by atoms with Gasteiger partial charge in [-0.3, -0.25) is 14.4 Å². The molecule has 1 heterocycles. The molecule has 8 heteroatoms. The number of aliphatic hydroxyl groups is 1. The van der Waals surface area contributed by atoms with Gasteiger partial charge in [0.25, 0.3) is 11.8 Å². The van der Waals surface area contributed by atoms with E-state index in [9.17, 15) is 19.5 Å². The molecule has 3 rings (SSSR count). The molecular formula is C23H25N3O5. The zero-order valence-electron chi connectivity index (χ0n) is 17.7. The number of carbonyl (C=O) groups excluding carboxylic acids is 3. The second-order valence-electron chi connectivity index (χ2n) is 7.00. The maximum atomic E-state index is 13.4. The summed E-state index contributed by atoms with van der Waals surface area (Å²) in [5.41, 5.74) is 2.01. The minimum absolute atomic E-state index is 0.167. The number of carbonyl (C=O) groups is 3. The number of likely N-dealkylation sites (N-methyl/N-ethyl adjacent to an activating group) is 1. The molecule has 0 fully saturated rings. The van der Waals surface area contributed by atoms with Crippen LogP contribution in [0.1, 0.15) is 19.4 Å². The summed E-state index contributed by atoms with van der Waals surface area (Å²) in [6.07, 6.45) is 0. The van der Waals surface area contributed by atoms with Crippen molar-refractivity contribution in [3.05, 3.63) is 59.8 Å². The molecule has 0 saturated heterocycles. The molecule has 0 bridgehead atoms. The first-order chi connectivity index (χ1) is 14.9. The Balaban J connectivity index is 2.01. The van der Waals surface area contributed by atoms with Gasteiger partial charge in [0.2, 0.25) is 5.91 Å². The summed E-state index contributed by atoms with van der Waals surface area (Å²) >= 11 is 0. The third-order valence-electron chi connectivity index (χ3n) is 4.78. The molecule has 8 nitrogen and oxygen atoms in total. The van der Waals surface area contributed by atoms with E-state index < -0.39 is 11.8 Å². The van der Waals surface area contributed by atoms with Crippen LogP contribution in [0.2, 0.25) is 0 Å². The number of aliphatic hydroxyl groups excluding tert-OH is 1. The average Bonchev–Trinajstić information content (AvgIpc) is 2.99. The second kappa shape index (κ2) is 9.44. The molecule has 1 aliphatic rings. The Morgan fingerprint density at radius 1 is 1.06 bits per heavy atom. The van der Waals surface area contributed by atoms with Crippen molar-refractivity contribution < 1.29 is 24.2 Å². The minimum Gasteiger partial charge on any atom is -0.494 e. The Morgan fingerprint density at radius 2 is 1.71 bits per heavy atom. The lowest BCUT2D eigenvalue weighted by Gasteiger charge is -2.20. The number of imide groups is 1. The molecule has 0 atom stereocenters. The van der Waals surface area contributed by atoms with Crippen molar-refractivity contribution in [3.8, 4) is 5.75 Å². The van der Waals surface area contributed by atoms with Crippen molar-refractivity contribution in [2.45, 2.75) is 13.8 Å². The summed E-state index contributed by atoms with van der Waals surface area (Å²) in [5, 5.41) is 12.0. The van der Waals surface area contributed by atoms with Gasteiger partial charge in [-0.1, -0.05) is 12.1 Å². The number of hydrogen-bond donors (Lipinski definition) is 2. The van der Waals surface area contributed by atoms with Crippen molar-refractivity contribution in [1.82, 2.24) is 4.90 Å². The lowest BCUT2D eigenvalue weighted by molar-refractivity contribution is -0.120. The summed E-state index contributed by atoms with van der Waals surface area (Å²) in [4.78, 5) is 40.6. The van der Waals surface area contributed by atoms with Gasteiger partial charge in [-0.15, -0.1) is 0 Å². The van der Waals surface area contributed by atoms with Gasteiger partial charge in [0.05, 0.1) is 24.5 Å². The fourth-order valence-electron chi connectivity index (χ4n) is 3.41. The van der Waals surface area contributed by atoms with Crippen molar-refractivity contribution in [2.24, 2.45) is 0 Å². The molecule has 3 amide bonds. The van der Waals surface area contributed by atoms with E-state index in [0.717, 1.165) is 4.90 Å². The normalized spacial score (nSPS) is 13.6. The summed E-state index contributed by atoms with van der Waals surface area (Å²) < 4.78 is 5.43. The molecule has 0 aromatic heterocycles. The molecule has 0 unspecified atom stereocenters. The van der Waals surface area contributed by atoms with Crippen LogP contribution in [0.25, 0.3) is 5.57 Å². The van der Waals surface area contributed by atoms with E-state index in [1.54, 1.807) is 60.5 Å². The summed E-state index contributed by atoms with van der Waals surface area (Å²) in [7, 11) is 1.66. The summed E-state index contributed by atoms with van der Waals surface area (Å²) in [6, 6.07) is 13.4. The molecule has 2 N–H and O–H groups in total. The van der Waals surface area contributed by atoms with Crippen molar-refractivity contribution in [2.75, 3.05) is 37.0 Å². The van der Waals surface area contributed by atoms with Crippen LogP contribution in [0.15, 0.2) is 54.2 Å². The van der Waals surface area contributed by atoms with Crippen LogP contribution in [-0.4, -0.2) is 54.5 Å². The highest BCUT2D eigenvalue weighted by molar-refractivity contribution is 6.45. The predicted octanol–water partition coefficient (Wildman–Crippen LogP) is 2.25. The zero-order chi connectivity index (χ0) is 22.5. The smallest absolute Gasteiger partial charge is 0.282 e. The van der Waals surface area contributed by atoms with E-state index in [1.165, 1.54) is 6.92 Å². The van der Waals surface area contributed by atoms with Crippen LogP contribution in [0.4, 0.5) is 11.4 Å². The topological polar surface area (TPSA) is 99.2 Å². The molecule has 1 aliphatic heterocycles. The van der Waals surface area contributed by atoms with E-state index in [2.05, 4.69) is 5.32 Å². The quantitative estimate of drug-likeness (QED) is 0.632. The van der Waals surface area contributed by atoms with Crippen molar-refractivity contribution in [3.63, 3.8) is 0 Å². The monoisotopic (exact) mass is 423 g/mol. The highest BCUT2D eigenvalue weighted by Gasteiger charge is 2.41. The Kier molecular flexibility index (Phi) is 6.71. The maximum Gasteiger partial charge on any atom is 0.282 e. The summed E-state index contributed by atoms with van der Waals surface area (Å²) in [5.74, 6) is -0.485. The highest BCUT2D eigenvalue weighted by atomic mass is 16.5. The number of ether oxygens (including phenoxy) is 1. The number of nitrogens with zero attached hydrogens (tertiary/aromatic N) is 2. The van der Waals surface area contributed by atoms with Gasteiger partial charge in [-0.05, 0) is 48.9 Å². The Bertz CT molecular complexity index is 1010. The zero-order valence-corrected chi connectivity index (χ0v) is 17.7. The van der Waals surface area contributed by atoms with E-state index in [-0.39, 0.29) is 30.3 Å². The van der Waals surface area contributed by atoms with Crippen LogP contribution in [0.3, 0.4) is 0 Å². The lowest BCUT2D eigenvalue weighted by atomic mass is 10.0. The fourth-order valence-corrected chi connectivity index (χ4v) is 3.41. The first kappa shape index (κ1) is 22.0. The predicted molar refractivity (Wildman–Crippen MR) is 117 cm³/mol. The standard InChI is InChI=1S/C23H25N3O5/c1-4-31-19-11-9-18(10-12-19)26-22(29)20(21(23(26)30)25(3)13-14-27)16-5-7-17(8-6-16)24-15(2)28/h5-12,27H,4,13-14H2,1-3H3,(H,24,28). The van der Waals surface area contributed by atoms with Crippen LogP contribution in [0.5, 0.6) is 5.75 Å². The highest BCUT2D eigenvalue weighted by Crippen LogP contribution is 2.35. The van der Waals surface area contributed by atoms with Crippen LogP contribution in [0, 0.1) is 0 Å². The van der Waals surface area contributed by atoms with Crippen LogP contribution >= 0.6 is 0 Å². The fraction of sp³-hybridized carbons (Fsp3) is 0.261. The second-order valence-corrected chi connectivity index (χ2v) is 7.00. The molecular weight excluding hydrogens is 398 g/mol. The molecule has 0 saturated carbocycles. The first-order valence-electron chi connectivity index (χ1n) is 9.93. The van der Waals surface area contributed by atoms with Gasteiger partial charge >= 0.3 is 0 Å². The van der Waals surface area contributed by atoms with Gasteiger partial charge in [0.15, 0.2) is 0 Å². The van der Waals surface area contributed by atoms with E-state index in [4.69, 9.17) is 4.74 Å². The number of hydrogen-bond acceptors (Lipinski definition) is 6. The molecule has 0 radical (unpaired) electrons. The third-order valence-corrected chi connectivity index (χ3v) is 4.78. The third kappa shape index (κ3) is 4.59. The van der Waals surface area contributed by atoms with Crippen LogP contribution in [-0.2, 0) is 14.4 Å². The Hall–Kier alpha value is -3.65. The first-order valence-corrected chi connectivity index (χ1v) is 9.93. The Labute approximate surface area is 180 Å². The largest absolute Gasteiger partial charge is 0.494 e. The minimum atomic E-state index is -0.467. The van der Waals surface area contributed by atoms with Crippen LogP contribution < -0.4 is 15.0 Å². The maximum absolute atomic E-state index is 13.4. The number of anilines is 2. The van der Waals surface area contributed by atoms with E-state index in [0.29, 0.717) is 29.3 Å². The van der Waals surface area contributed by atoms with Gasteiger partial charge in [-0.25, -0.2) is 4.90 Å². The lowest BCUT2D eigenvalue weighted by Crippen LogP contribution is -2.34. The number of benzene rings is 2. The van der Waals surface area contributed by atoms with Gasteiger partial charge in [0.1, 0.15) is 11.4 Å². The van der Waals surface area contributed by atoms with Crippen molar-refractivity contribution >= 4 is 34.7 Å². The van der Waals surface area contributed by atoms with Gasteiger partial charge < -0.3 is 20.1 Å². The number of amides is 3. The van der Waals surface area contributed by atoms with E-state index in [1.807, 2.05) is 6.92 Å². The molecule has 31 heavy (non-hydrogen) atoms.